The number of likely N-dealkylation sites (tertiary alicyclic amines) is 1. The summed E-state index contributed by atoms with van der Waals surface area (Å²) in [5.74, 6) is -0.362. The zero-order chi connectivity index (χ0) is 32.4. The van der Waals surface area contributed by atoms with Crippen LogP contribution in [0, 0.1) is 5.82 Å². The number of carbonyl (C=O) groups excluding carboxylic acids is 2. The molecule has 2 N–H and O–H groups in total. The Bertz CT molecular complexity index is 1740. The number of rotatable bonds is 9. The number of fused-ring (bicyclic) bond motifs is 2. The number of amides is 2. The Morgan fingerprint density at radius 2 is 1.78 bits per heavy atom. The van der Waals surface area contributed by atoms with Crippen molar-refractivity contribution < 1.29 is 18.7 Å². The highest BCUT2D eigenvalue weighted by atomic mass is 35.5. The maximum Gasteiger partial charge on any atom is 0.412 e. The first-order valence-electron chi connectivity index (χ1n) is 15.1. The van der Waals surface area contributed by atoms with Crippen molar-refractivity contribution in [1.29, 1.82) is 0 Å². The third-order valence-corrected chi connectivity index (χ3v) is 9.89. The van der Waals surface area contributed by atoms with E-state index >= 15 is 0 Å². The van der Waals surface area contributed by atoms with E-state index < -0.39 is 23.7 Å². The molecule has 1 spiro atoms. The first kappa shape index (κ1) is 32.3. The zero-order valence-electron chi connectivity index (χ0n) is 25.1. The molecule has 2 amide bonds. The summed E-state index contributed by atoms with van der Waals surface area (Å²) >= 11 is 18.8. The van der Waals surface area contributed by atoms with Gasteiger partial charge >= 0.3 is 6.09 Å². The molecule has 0 bridgehead atoms. The number of carbonyl (C=O) groups is 2. The molecule has 2 unspecified atom stereocenters. The number of piperidine rings is 1. The molecule has 0 saturated carbocycles. The van der Waals surface area contributed by atoms with E-state index in [4.69, 9.17) is 39.5 Å². The van der Waals surface area contributed by atoms with Crippen molar-refractivity contribution in [2.24, 2.45) is 7.05 Å². The SMILES string of the molecule is Cn1ccnc1C(NC(=O)C(CCCN1CCC2(CC1)OC(=O)Nc1ccc(F)cc12)c1ccc(Cl)c(Cl)c1)c1ccc(Cl)cc1. The lowest BCUT2D eigenvalue weighted by molar-refractivity contribution is -0.123. The molecule has 46 heavy (non-hydrogen) atoms. The van der Waals surface area contributed by atoms with Gasteiger partial charge in [0.1, 0.15) is 23.3 Å². The van der Waals surface area contributed by atoms with Crippen molar-refractivity contribution in [3.05, 3.63) is 116 Å². The second-order valence-corrected chi connectivity index (χ2v) is 13.0. The van der Waals surface area contributed by atoms with Crippen LogP contribution in [-0.4, -0.2) is 46.1 Å². The summed E-state index contributed by atoms with van der Waals surface area (Å²) in [7, 11) is 1.89. The smallest absolute Gasteiger partial charge is 0.412 e. The van der Waals surface area contributed by atoms with Gasteiger partial charge in [-0.15, -0.1) is 0 Å². The van der Waals surface area contributed by atoms with Gasteiger partial charge in [-0.3, -0.25) is 10.1 Å². The van der Waals surface area contributed by atoms with E-state index in [2.05, 4.69) is 20.5 Å². The Balaban J connectivity index is 1.16. The fraction of sp³-hybridized carbons (Fsp3) is 0.324. The molecule has 0 aliphatic carbocycles. The number of benzene rings is 3. The number of ether oxygens (including phenoxy) is 1. The Hall–Kier alpha value is -3.63. The summed E-state index contributed by atoms with van der Waals surface area (Å²) in [6, 6.07) is 16.5. The molecule has 3 aromatic carbocycles. The van der Waals surface area contributed by atoms with Gasteiger partial charge in [-0.1, -0.05) is 53.0 Å². The highest BCUT2D eigenvalue weighted by molar-refractivity contribution is 6.42. The number of nitrogens with zero attached hydrogens (tertiary/aromatic N) is 3. The van der Waals surface area contributed by atoms with Crippen molar-refractivity contribution in [3.8, 4) is 0 Å². The first-order chi connectivity index (χ1) is 22.1. The molecule has 1 saturated heterocycles. The van der Waals surface area contributed by atoms with E-state index in [1.165, 1.54) is 12.1 Å². The van der Waals surface area contributed by atoms with Gasteiger partial charge in [-0.25, -0.2) is 14.2 Å². The van der Waals surface area contributed by atoms with Gasteiger partial charge in [0.15, 0.2) is 0 Å². The van der Waals surface area contributed by atoms with Gasteiger partial charge in [0.05, 0.1) is 21.7 Å². The van der Waals surface area contributed by atoms with E-state index in [-0.39, 0.29) is 11.7 Å². The predicted molar refractivity (Wildman–Crippen MR) is 177 cm³/mol. The quantitative estimate of drug-likeness (QED) is 0.188. The highest BCUT2D eigenvalue weighted by Crippen LogP contribution is 2.44. The minimum atomic E-state index is -0.861. The van der Waals surface area contributed by atoms with Crippen molar-refractivity contribution in [2.75, 3.05) is 25.0 Å². The van der Waals surface area contributed by atoms with E-state index in [9.17, 15) is 14.0 Å². The van der Waals surface area contributed by atoms with Gasteiger partial charge in [0, 0.05) is 56.0 Å². The first-order valence-corrected chi connectivity index (χ1v) is 16.3. The van der Waals surface area contributed by atoms with Crippen molar-refractivity contribution >= 4 is 52.5 Å². The molecule has 8 nitrogen and oxygen atoms in total. The van der Waals surface area contributed by atoms with Crippen LogP contribution < -0.4 is 10.6 Å². The fourth-order valence-electron chi connectivity index (χ4n) is 6.43. The topological polar surface area (TPSA) is 88.5 Å². The van der Waals surface area contributed by atoms with E-state index in [0.717, 1.165) is 17.7 Å². The third kappa shape index (κ3) is 6.88. The van der Waals surface area contributed by atoms with E-state index in [1.807, 2.05) is 36.0 Å². The lowest BCUT2D eigenvalue weighted by Gasteiger charge is -2.44. The summed E-state index contributed by atoms with van der Waals surface area (Å²) in [4.78, 5) is 33.2. The molecule has 240 valence electrons. The van der Waals surface area contributed by atoms with Crippen LogP contribution in [0.25, 0.3) is 0 Å². The number of hydrogen-bond donors (Lipinski definition) is 2. The molecule has 1 aromatic heterocycles. The minimum Gasteiger partial charge on any atom is -0.438 e. The Kier molecular flexibility index (Phi) is 9.57. The molecule has 2 aliphatic rings. The number of hydrogen-bond acceptors (Lipinski definition) is 5. The molecule has 3 heterocycles. The average molecular weight is 685 g/mol. The van der Waals surface area contributed by atoms with Gasteiger partial charge in [0.25, 0.3) is 0 Å². The molecule has 1 fully saturated rings. The van der Waals surface area contributed by atoms with Crippen LogP contribution in [0.15, 0.2) is 73.1 Å². The molecule has 2 aliphatic heterocycles. The van der Waals surface area contributed by atoms with Crippen molar-refractivity contribution in [1.82, 2.24) is 19.8 Å². The molecule has 6 rings (SSSR count). The Morgan fingerprint density at radius 3 is 2.48 bits per heavy atom. The summed E-state index contributed by atoms with van der Waals surface area (Å²) in [5.41, 5.74) is 2.01. The van der Waals surface area contributed by atoms with Crippen LogP contribution in [-0.2, 0) is 22.2 Å². The number of imidazole rings is 1. The van der Waals surface area contributed by atoms with Crippen LogP contribution in [0.2, 0.25) is 15.1 Å². The van der Waals surface area contributed by atoms with Gasteiger partial charge in [0.2, 0.25) is 5.91 Å². The Morgan fingerprint density at radius 1 is 1.04 bits per heavy atom. The number of aryl methyl sites for hydroxylation is 1. The second kappa shape index (κ2) is 13.6. The molecule has 12 heteroatoms. The second-order valence-electron chi connectivity index (χ2n) is 11.8. The maximum atomic E-state index is 14.2. The Labute approximate surface area is 281 Å². The average Bonchev–Trinajstić information content (AvgIpc) is 3.46. The predicted octanol–water partition coefficient (Wildman–Crippen LogP) is 7.84. The van der Waals surface area contributed by atoms with Crippen LogP contribution >= 0.6 is 34.8 Å². The normalized spacial score (nSPS) is 17.1. The largest absolute Gasteiger partial charge is 0.438 e. The zero-order valence-corrected chi connectivity index (χ0v) is 27.4. The number of nitrogens with one attached hydrogen (secondary N) is 2. The van der Waals surface area contributed by atoms with E-state index in [0.29, 0.717) is 70.9 Å². The maximum absolute atomic E-state index is 14.2. The molecule has 0 radical (unpaired) electrons. The summed E-state index contributed by atoms with van der Waals surface area (Å²) < 4.78 is 21.8. The van der Waals surface area contributed by atoms with Crippen LogP contribution in [0.3, 0.4) is 0 Å². The van der Waals surface area contributed by atoms with Crippen molar-refractivity contribution in [3.63, 3.8) is 0 Å². The van der Waals surface area contributed by atoms with Gasteiger partial charge in [-0.2, -0.15) is 0 Å². The van der Waals surface area contributed by atoms with Gasteiger partial charge in [-0.05, 0) is 73.0 Å². The molecule has 4 aromatic rings. The van der Waals surface area contributed by atoms with Crippen LogP contribution in [0.4, 0.5) is 14.9 Å². The monoisotopic (exact) mass is 683 g/mol. The number of aromatic nitrogens is 2. The summed E-state index contributed by atoms with van der Waals surface area (Å²) in [6.45, 7) is 2.04. The molecular weight excluding hydrogens is 652 g/mol. The van der Waals surface area contributed by atoms with Crippen LogP contribution in [0.5, 0.6) is 0 Å². The highest BCUT2D eigenvalue weighted by Gasteiger charge is 2.44. The fourth-order valence-corrected chi connectivity index (χ4v) is 6.86. The van der Waals surface area contributed by atoms with Gasteiger partial charge < -0.3 is 19.5 Å². The third-order valence-electron chi connectivity index (χ3n) is 8.90. The van der Waals surface area contributed by atoms with Crippen molar-refractivity contribution in [2.45, 2.75) is 43.2 Å². The number of halogens is 4. The molecular formula is C34H33Cl3FN5O3. The lowest BCUT2D eigenvalue weighted by Crippen LogP contribution is -2.48. The summed E-state index contributed by atoms with van der Waals surface area (Å²) in [6.07, 6.45) is 5.36. The number of anilines is 1. The minimum absolute atomic E-state index is 0.167. The lowest BCUT2D eigenvalue weighted by atomic mass is 9.82. The van der Waals surface area contributed by atoms with E-state index in [1.54, 1.807) is 36.5 Å². The van der Waals surface area contributed by atoms with Crippen LogP contribution in [0.1, 0.15) is 60.2 Å². The molecule has 2 atom stereocenters. The summed E-state index contributed by atoms with van der Waals surface area (Å²) in [5, 5.41) is 7.31. The standard InChI is InChI=1S/C34H33Cl3FN5O3/c1-42-18-14-39-31(42)30(21-4-7-23(35)8-5-21)41-32(44)25(22-6-10-27(36)28(37)19-22)3-2-15-43-16-12-34(13-17-43)26-20-24(38)9-11-29(26)40-33(45)46-34/h4-11,14,18-20,25,30H,2-3,12-13,15-17H2,1H3,(H,40,45)(H,41,44).